The van der Waals surface area contributed by atoms with Gasteiger partial charge in [-0.2, -0.15) is 0 Å². The van der Waals surface area contributed by atoms with Gasteiger partial charge in [0.25, 0.3) is 0 Å². The third-order valence-corrected chi connectivity index (χ3v) is 2.21. The van der Waals surface area contributed by atoms with Crippen molar-refractivity contribution in [3.05, 3.63) is 60.2 Å². The van der Waals surface area contributed by atoms with Crippen LogP contribution < -0.4 is 0 Å². The second kappa shape index (κ2) is 5.02. The highest BCUT2D eigenvalue weighted by Crippen LogP contribution is 2.05. The molecule has 0 unspecified atom stereocenters. The van der Waals surface area contributed by atoms with E-state index >= 15 is 0 Å². The molecule has 0 bridgehead atoms. The van der Waals surface area contributed by atoms with Gasteiger partial charge < -0.3 is 5.21 Å². The van der Waals surface area contributed by atoms with Crippen LogP contribution in [0.5, 0.6) is 0 Å². The Bertz CT molecular complexity index is 468. The molecule has 16 heavy (non-hydrogen) atoms. The zero-order valence-electron chi connectivity index (χ0n) is 8.61. The van der Waals surface area contributed by atoms with Crippen molar-refractivity contribution < 1.29 is 5.21 Å². The summed E-state index contributed by atoms with van der Waals surface area (Å²) in [6, 6.07) is 9.26. The summed E-state index contributed by atoms with van der Waals surface area (Å²) in [5.41, 5.74) is 2.30. The van der Waals surface area contributed by atoms with E-state index in [0.29, 0.717) is 12.1 Å². The van der Waals surface area contributed by atoms with Gasteiger partial charge in [0, 0.05) is 36.3 Å². The third kappa shape index (κ3) is 2.42. The highest BCUT2D eigenvalue weighted by atomic mass is 16.4. The molecule has 0 saturated heterocycles. The zero-order valence-corrected chi connectivity index (χ0v) is 8.61. The summed E-state index contributed by atoms with van der Waals surface area (Å²) in [5.74, 6) is 0. The molecule has 2 aromatic rings. The molecule has 2 aromatic heterocycles. The van der Waals surface area contributed by atoms with E-state index in [1.807, 2.05) is 18.2 Å². The number of aromatic nitrogens is 2. The fourth-order valence-corrected chi connectivity index (χ4v) is 1.41. The molecule has 0 aliphatic carbocycles. The molecule has 0 atom stereocenters. The first-order valence-corrected chi connectivity index (χ1v) is 4.91. The first-order chi connectivity index (χ1) is 7.90. The van der Waals surface area contributed by atoms with Crippen LogP contribution in [0.4, 0.5) is 0 Å². The molecule has 4 nitrogen and oxygen atoms in total. The SMILES string of the molecule is O/N=C(\Cc1ccccn1)c1ccncc1. The Morgan fingerprint density at radius 3 is 2.56 bits per heavy atom. The first kappa shape index (κ1) is 10.3. The molecular weight excluding hydrogens is 202 g/mol. The normalized spacial score (nSPS) is 11.4. The van der Waals surface area contributed by atoms with Gasteiger partial charge in [0.15, 0.2) is 0 Å². The lowest BCUT2D eigenvalue weighted by Gasteiger charge is -2.03. The standard InChI is InChI=1S/C12H11N3O/c16-15-12(10-4-7-13-8-5-10)9-11-3-1-2-6-14-11/h1-8,16H,9H2/b15-12+. The van der Waals surface area contributed by atoms with Gasteiger partial charge in [-0.15, -0.1) is 0 Å². The Hall–Kier alpha value is -2.23. The summed E-state index contributed by atoms with van der Waals surface area (Å²) < 4.78 is 0. The molecule has 0 spiro atoms. The third-order valence-electron chi connectivity index (χ3n) is 2.21. The van der Waals surface area contributed by atoms with E-state index in [1.165, 1.54) is 0 Å². The van der Waals surface area contributed by atoms with Gasteiger partial charge in [-0.05, 0) is 24.3 Å². The quantitative estimate of drug-likeness (QED) is 0.481. The predicted molar refractivity (Wildman–Crippen MR) is 60.5 cm³/mol. The van der Waals surface area contributed by atoms with Gasteiger partial charge in [0.2, 0.25) is 0 Å². The Labute approximate surface area is 93.3 Å². The summed E-state index contributed by atoms with van der Waals surface area (Å²) >= 11 is 0. The molecule has 0 aliphatic heterocycles. The molecule has 2 heterocycles. The van der Waals surface area contributed by atoms with Crippen LogP contribution in [-0.2, 0) is 6.42 Å². The fourth-order valence-electron chi connectivity index (χ4n) is 1.41. The largest absolute Gasteiger partial charge is 0.411 e. The molecule has 2 rings (SSSR count). The maximum absolute atomic E-state index is 8.98. The van der Waals surface area contributed by atoms with Crippen LogP contribution in [0.3, 0.4) is 0 Å². The highest BCUT2D eigenvalue weighted by Gasteiger charge is 2.05. The van der Waals surface area contributed by atoms with Gasteiger partial charge in [-0.1, -0.05) is 11.2 Å². The van der Waals surface area contributed by atoms with Crippen LogP contribution >= 0.6 is 0 Å². The van der Waals surface area contributed by atoms with Crippen LogP contribution in [0.25, 0.3) is 0 Å². The monoisotopic (exact) mass is 213 g/mol. The summed E-state index contributed by atoms with van der Waals surface area (Å²) in [7, 11) is 0. The minimum Gasteiger partial charge on any atom is -0.411 e. The Balaban J connectivity index is 2.20. The van der Waals surface area contributed by atoms with Crippen molar-refractivity contribution in [2.24, 2.45) is 5.16 Å². The Kier molecular flexibility index (Phi) is 3.23. The minimum absolute atomic E-state index is 0.501. The van der Waals surface area contributed by atoms with Crippen molar-refractivity contribution in [3.8, 4) is 0 Å². The first-order valence-electron chi connectivity index (χ1n) is 4.91. The van der Waals surface area contributed by atoms with Crippen LogP contribution in [0, 0.1) is 0 Å². The van der Waals surface area contributed by atoms with Crippen molar-refractivity contribution in [2.45, 2.75) is 6.42 Å². The van der Waals surface area contributed by atoms with E-state index in [2.05, 4.69) is 15.1 Å². The molecule has 0 aliphatic rings. The van der Waals surface area contributed by atoms with Crippen molar-refractivity contribution in [3.63, 3.8) is 0 Å². The maximum Gasteiger partial charge on any atom is 0.0928 e. The predicted octanol–water partition coefficient (Wildman–Crippen LogP) is 1.90. The number of hydrogen-bond acceptors (Lipinski definition) is 4. The molecule has 0 radical (unpaired) electrons. The topological polar surface area (TPSA) is 58.4 Å². The maximum atomic E-state index is 8.98. The van der Waals surface area contributed by atoms with Gasteiger partial charge in [0.05, 0.1) is 5.71 Å². The second-order valence-corrected chi connectivity index (χ2v) is 3.28. The number of rotatable bonds is 3. The minimum atomic E-state index is 0.501. The van der Waals surface area contributed by atoms with E-state index < -0.39 is 0 Å². The lowest BCUT2D eigenvalue weighted by atomic mass is 10.1. The van der Waals surface area contributed by atoms with Crippen LogP contribution in [0.2, 0.25) is 0 Å². The summed E-state index contributed by atoms with van der Waals surface area (Å²) in [4.78, 5) is 8.10. The lowest BCUT2D eigenvalue weighted by molar-refractivity contribution is 0.318. The summed E-state index contributed by atoms with van der Waals surface area (Å²) in [6.45, 7) is 0. The molecule has 0 saturated carbocycles. The highest BCUT2D eigenvalue weighted by molar-refractivity contribution is 6.01. The van der Waals surface area contributed by atoms with Crippen molar-refractivity contribution in [2.75, 3.05) is 0 Å². The van der Waals surface area contributed by atoms with E-state index in [4.69, 9.17) is 5.21 Å². The van der Waals surface area contributed by atoms with Crippen molar-refractivity contribution in [1.29, 1.82) is 0 Å². The lowest BCUT2D eigenvalue weighted by Crippen LogP contribution is -2.06. The fraction of sp³-hybridized carbons (Fsp3) is 0.0833. The summed E-state index contributed by atoms with van der Waals surface area (Å²) in [6.07, 6.45) is 5.55. The van der Waals surface area contributed by atoms with Gasteiger partial charge in [-0.3, -0.25) is 9.97 Å². The number of nitrogens with zero attached hydrogens (tertiary/aromatic N) is 3. The summed E-state index contributed by atoms with van der Waals surface area (Å²) in [5, 5.41) is 12.3. The second-order valence-electron chi connectivity index (χ2n) is 3.28. The van der Waals surface area contributed by atoms with E-state index in [-0.39, 0.29) is 0 Å². The Morgan fingerprint density at radius 1 is 1.12 bits per heavy atom. The average molecular weight is 213 g/mol. The smallest absolute Gasteiger partial charge is 0.0928 e. The average Bonchev–Trinajstić information content (AvgIpc) is 2.38. The molecule has 0 fully saturated rings. The molecule has 4 heteroatoms. The van der Waals surface area contributed by atoms with Crippen LogP contribution in [-0.4, -0.2) is 20.9 Å². The molecule has 0 amide bonds. The van der Waals surface area contributed by atoms with Crippen molar-refractivity contribution in [1.82, 2.24) is 9.97 Å². The van der Waals surface area contributed by atoms with Gasteiger partial charge in [0.1, 0.15) is 0 Å². The van der Waals surface area contributed by atoms with E-state index in [0.717, 1.165) is 11.3 Å². The molecule has 0 aromatic carbocycles. The van der Waals surface area contributed by atoms with Crippen LogP contribution in [0.1, 0.15) is 11.3 Å². The van der Waals surface area contributed by atoms with E-state index in [9.17, 15) is 0 Å². The zero-order chi connectivity index (χ0) is 11.2. The van der Waals surface area contributed by atoms with Gasteiger partial charge >= 0.3 is 0 Å². The number of oxime groups is 1. The number of hydrogen-bond donors (Lipinski definition) is 1. The van der Waals surface area contributed by atoms with Crippen molar-refractivity contribution >= 4 is 5.71 Å². The number of pyridine rings is 2. The molecular formula is C12H11N3O. The van der Waals surface area contributed by atoms with E-state index in [1.54, 1.807) is 30.7 Å². The van der Waals surface area contributed by atoms with Crippen LogP contribution in [0.15, 0.2) is 54.1 Å². The Morgan fingerprint density at radius 2 is 1.94 bits per heavy atom. The van der Waals surface area contributed by atoms with Gasteiger partial charge in [-0.25, -0.2) is 0 Å². The molecule has 80 valence electrons. The molecule has 1 N–H and O–H groups in total.